The molecule has 0 spiro atoms. The third-order valence-corrected chi connectivity index (χ3v) is 2.82. The van der Waals surface area contributed by atoms with E-state index in [0.717, 1.165) is 12.1 Å². The van der Waals surface area contributed by atoms with Gasteiger partial charge in [-0.3, -0.25) is 4.79 Å². The number of aliphatic carboxylic acids is 1. The van der Waals surface area contributed by atoms with E-state index in [-0.39, 0.29) is 22.3 Å². The van der Waals surface area contributed by atoms with Crippen molar-refractivity contribution >= 4 is 16.9 Å². The highest BCUT2D eigenvalue weighted by molar-refractivity contribution is 5.89. The van der Waals surface area contributed by atoms with E-state index in [2.05, 4.69) is 0 Å². The lowest BCUT2D eigenvalue weighted by molar-refractivity contribution is -0.139. The number of fused-ring (bicyclic) bond motifs is 1. The van der Waals surface area contributed by atoms with Gasteiger partial charge in [-0.1, -0.05) is 6.07 Å². The van der Waals surface area contributed by atoms with Crippen LogP contribution in [0.4, 0.5) is 13.2 Å². The lowest BCUT2D eigenvalue weighted by atomic mass is 10.0. The third-order valence-electron chi connectivity index (χ3n) is 2.82. The number of carboxylic acid groups (broad SMARTS) is 1. The molecule has 1 aromatic carbocycles. The molecule has 1 unspecified atom stereocenters. The molecule has 0 radical (unpaired) electrons. The fourth-order valence-corrected chi connectivity index (χ4v) is 1.93. The molecule has 4 nitrogen and oxygen atoms in total. The van der Waals surface area contributed by atoms with Crippen LogP contribution in [0.1, 0.15) is 22.9 Å². The predicted molar refractivity (Wildman–Crippen MR) is 60.5 cm³/mol. The first-order chi connectivity index (χ1) is 8.71. The van der Waals surface area contributed by atoms with Crippen LogP contribution in [0.3, 0.4) is 0 Å². The SMILES string of the molecule is Cc1oc2cc(C(F)(F)F)ccc2c1C(N)C(=O)O. The maximum absolute atomic E-state index is 12.5. The molecule has 1 heterocycles. The largest absolute Gasteiger partial charge is 0.480 e. The Bertz CT molecular complexity index is 645. The molecule has 0 amide bonds. The predicted octanol–water partition coefficient (Wildman–Crippen LogP) is 2.84. The number of rotatable bonds is 2. The van der Waals surface area contributed by atoms with Gasteiger partial charge in [0, 0.05) is 10.9 Å². The third kappa shape index (κ3) is 2.28. The average Bonchev–Trinajstić information content (AvgIpc) is 2.61. The van der Waals surface area contributed by atoms with E-state index in [4.69, 9.17) is 15.3 Å². The highest BCUT2D eigenvalue weighted by atomic mass is 19.4. The minimum atomic E-state index is -4.48. The molecule has 0 aliphatic rings. The summed E-state index contributed by atoms with van der Waals surface area (Å²) in [6.07, 6.45) is -4.48. The van der Waals surface area contributed by atoms with Gasteiger partial charge in [0.1, 0.15) is 17.4 Å². The van der Waals surface area contributed by atoms with Crippen molar-refractivity contribution in [3.8, 4) is 0 Å². The molecule has 0 aliphatic carbocycles. The van der Waals surface area contributed by atoms with Crippen molar-refractivity contribution in [2.45, 2.75) is 19.1 Å². The molecule has 0 saturated carbocycles. The van der Waals surface area contributed by atoms with Gasteiger partial charge in [-0.2, -0.15) is 13.2 Å². The lowest BCUT2D eigenvalue weighted by Crippen LogP contribution is -2.21. The maximum Gasteiger partial charge on any atom is 0.416 e. The van der Waals surface area contributed by atoms with Gasteiger partial charge in [0.25, 0.3) is 0 Å². The second-order valence-corrected chi connectivity index (χ2v) is 4.10. The molecule has 102 valence electrons. The van der Waals surface area contributed by atoms with Crippen molar-refractivity contribution < 1.29 is 27.5 Å². The second kappa shape index (κ2) is 4.27. The Balaban J connectivity index is 2.64. The number of alkyl halides is 3. The summed E-state index contributed by atoms with van der Waals surface area (Å²) in [7, 11) is 0. The van der Waals surface area contributed by atoms with E-state index in [1.165, 1.54) is 13.0 Å². The van der Waals surface area contributed by atoms with Crippen LogP contribution >= 0.6 is 0 Å². The van der Waals surface area contributed by atoms with Gasteiger partial charge in [-0.25, -0.2) is 0 Å². The average molecular weight is 273 g/mol. The fourth-order valence-electron chi connectivity index (χ4n) is 1.93. The molecule has 3 N–H and O–H groups in total. The van der Waals surface area contributed by atoms with Gasteiger partial charge in [0.15, 0.2) is 0 Å². The number of carbonyl (C=O) groups is 1. The number of halogens is 3. The molecule has 0 bridgehead atoms. The minimum absolute atomic E-state index is 0.0287. The van der Waals surface area contributed by atoms with E-state index in [1.807, 2.05) is 0 Å². The second-order valence-electron chi connectivity index (χ2n) is 4.10. The Morgan fingerprint density at radius 1 is 1.42 bits per heavy atom. The van der Waals surface area contributed by atoms with Crippen LogP contribution in [0.5, 0.6) is 0 Å². The number of hydrogen-bond donors (Lipinski definition) is 2. The van der Waals surface area contributed by atoms with Gasteiger partial charge in [-0.15, -0.1) is 0 Å². The number of aryl methyl sites for hydroxylation is 1. The van der Waals surface area contributed by atoms with Crippen LogP contribution in [0.2, 0.25) is 0 Å². The van der Waals surface area contributed by atoms with Crippen molar-refractivity contribution in [2.24, 2.45) is 5.73 Å². The number of hydrogen-bond acceptors (Lipinski definition) is 3. The molecule has 0 fully saturated rings. The van der Waals surface area contributed by atoms with Crippen molar-refractivity contribution in [1.82, 2.24) is 0 Å². The Kier molecular flexibility index (Phi) is 3.01. The quantitative estimate of drug-likeness (QED) is 0.882. The Morgan fingerprint density at radius 2 is 2.05 bits per heavy atom. The Morgan fingerprint density at radius 3 is 2.58 bits per heavy atom. The van der Waals surface area contributed by atoms with Crippen LogP contribution in [0.25, 0.3) is 11.0 Å². The highest BCUT2D eigenvalue weighted by Gasteiger charge is 2.32. The van der Waals surface area contributed by atoms with Crippen LogP contribution in [-0.2, 0) is 11.0 Å². The number of carboxylic acids is 1. The van der Waals surface area contributed by atoms with Gasteiger partial charge in [-0.05, 0) is 19.1 Å². The van der Waals surface area contributed by atoms with Crippen molar-refractivity contribution in [3.05, 3.63) is 35.1 Å². The van der Waals surface area contributed by atoms with E-state index in [9.17, 15) is 18.0 Å². The Hall–Kier alpha value is -2.02. The summed E-state index contributed by atoms with van der Waals surface area (Å²) in [5, 5.41) is 9.15. The van der Waals surface area contributed by atoms with Crippen molar-refractivity contribution in [1.29, 1.82) is 0 Å². The van der Waals surface area contributed by atoms with Crippen LogP contribution in [0.15, 0.2) is 22.6 Å². The van der Waals surface area contributed by atoms with E-state index < -0.39 is 23.8 Å². The summed E-state index contributed by atoms with van der Waals surface area (Å²) in [5.41, 5.74) is 4.80. The first-order valence-corrected chi connectivity index (χ1v) is 5.30. The topological polar surface area (TPSA) is 76.5 Å². The molecular formula is C12H10F3NO3. The number of nitrogens with two attached hydrogens (primary N) is 1. The molecule has 1 atom stereocenters. The molecule has 1 aromatic heterocycles. The standard InChI is InChI=1S/C12H10F3NO3/c1-5-9(10(16)11(17)18)7-3-2-6(12(13,14)15)4-8(7)19-5/h2-4,10H,16H2,1H3,(H,17,18). The normalized spacial score (nSPS) is 13.7. The van der Waals surface area contributed by atoms with Gasteiger partial charge < -0.3 is 15.3 Å². The summed E-state index contributed by atoms with van der Waals surface area (Å²) in [6, 6.07) is 1.54. The maximum atomic E-state index is 12.5. The molecule has 19 heavy (non-hydrogen) atoms. The van der Waals surface area contributed by atoms with Crippen LogP contribution < -0.4 is 5.73 Å². The van der Waals surface area contributed by atoms with Crippen LogP contribution in [-0.4, -0.2) is 11.1 Å². The first kappa shape index (κ1) is 13.4. The summed E-state index contributed by atoms with van der Waals surface area (Å²) in [4.78, 5) is 10.9. The summed E-state index contributed by atoms with van der Waals surface area (Å²) >= 11 is 0. The van der Waals surface area contributed by atoms with Crippen molar-refractivity contribution in [3.63, 3.8) is 0 Å². The molecule has 2 aromatic rings. The van der Waals surface area contributed by atoms with Gasteiger partial charge >= 0.3 is 12.1 Å². The molecule has 7 heteroatoms. The van der Waals surface area contributed by atoms with E-state index >= 15 is 0 Å². The van der Waals surface area contributed by atoms with Gasteiger partial charge in [0.2, 0.25) is 0 Å². The first-order valence-electron chi connectivity index (χ1n) is 5.30. The fraction of sp³-hybridized carbons (Fsp3) is 0.250. The number of benzene rings is 1. The molecule has 0 saturated heterocycles. The van der Waals surface area contributed by atoms with Crippen LogP contribution in [0, 0.1) is 6.92 Å². The van der Waals surface area contributed by atoms with Crippen molar-refractivity contribution in [2.75, 3.05) is 0 Å². The zero-order valence-corrected chi connectivity index (χ0v) is 9.78. The van der Waals surface area contributed by atoms with E-state index in [1.54, 1.807) is 0 Å². The Labute approximate surface area is 105 Å². The smallest absolute Gasteiger partial charge is 0.416 e. The summed E-state index contributed by atoms with van der Waals surface area (Å²) in [6.45, 7) is 1.46. The summed E-state index contributed by atoms with van der Waals surface area (Å²) in [5.74, 6) is -1.07. The molecule has 0 aliphatic heterocycles. The van der Waals surface area contributed by atoms with E-state index in [0.29, 0.717) is 0 Å². The highest BCUT2D eigenvalue weighted by Crippen LogP contribution is 2.35. The lowest BCUT2D eigenvalue weighted by Gasteiger charge is -2.07. The molecular weight excluding hydrogens is 263 g/mol. The monoisotopic (exact) mass is 273 g/mol. The number of furan rings is 1. The zero-order valence-electron chi connectivity index (χ0n) is 9.78. The van der Waals surface area contributed by atoms with Gasteiger partial charge in [0.05, 0.1) is 5.56 Å². The summed E-state index contributed by atoms with van der Waals surface area (Å²) < 4.78 is 42.8. The minimum Gasteiger partial charge on any atom is -0.480 e. The zero-order chi connectivity index (χ0) is 14.4. The molecule has 2 rings (SSSR count).